The van der Waals surface area contributed by atoms with E-state index < -0.39 is 28.8 Å². The molecule has 1 heterocycles. The van der Waals surface area contributed by atoms with Crippen LogP contribution in [0.25, 0.3) is 5.69 Å². The second kappa shape index (κ2) is 6.64. The van der Waals surface area contributed by atoms with Gasteiger partial charge in [0.25, 0.3) is 5.56 Å². The average Bonchev–Trinajstić information content (AvgIpc) is 2.49. The van der Waals surface area contributed by atoms with Gasteiger partial charge in [-0.3, -0.25) is 4.79 Å². The van der Waals surface area contributed by atoms with Crippen molar-refractivity contribution in [2.24, 2.45) is 0 Å². The fourth-order valence-corrected chi connectivity index (χ4v) is 2.21. The lowest BCUT2D eigenvalue weighted by atomic mass is 10.1. The standard InChI is InChI=1S/C15H12ClF3N2O3/c1-3-24-14(23)10-6-9(4-5-12(10)16)21-13(22)8(2)11(7-20-21)15(17,18)19/h4-7H,3H2,1-2H3. The highest BCUT2D eigenvalue weighted by Crippen LogP contribution is 2.30. The minimum atomic E-state index is -4.68. The van der Waals surface area contributed by atoms with Crippen molar-refractivity contribution in [3.05, 3.63) is 56.5 Å². The number of aromatic nitrogens is 2. The van der Waals surface area contributed by atoms with Crippen LogP contribution < -0.4 is 5.56 Å². The van der Waals surface area contributed by atoms with Crippen LogP contribution in [0, 0.1) is 6.92 Å². The maximum atomic E-state index is 12.8. The van der Waals surface area contributed by atoms with Crippen molar-refractivity contribution in [2.45, 2.75) is 20.0 Å². The second-order valence-corrected chi connectivity index (χ2v) is 5.19. The van der Waals surface area contributed by atoms with Gasteiger partial charge in [-0.15, -0.1) is 0 Å². The van der Waals surface area contributed by atoms with Crippen molar-refractivity contribution in [1.29, 1.82) is 0 Å². The average molecular weight is 361 g/mol. The van der Waals surface area contributed by atoms with E-state index in [2.05, 4.69) is 5.10 Å². The van der Waals surface area contributed by atoms with Crippen molar-refractivity contribution in [1.82, 2.24) is 9.78 Å². The van der Waals surface area contributed by atoms with Gasteiger partial charge in [0.05, 0.1) is 34.6 Å². The van der Waals surface area contributed by atoms with Crippen LogP contribution in [-0.4, -0.2) is 22.4 Å². The quantitative estimate of drug-likeness (QED) is 0.787. The Balaban J connectivity index is 2.58. The zero-order valence-corrected chi connectivity index (χ0v) is 13.4. The number of hydrogen-bond acceptors (Lipinski definition) is 4. The van der Waals surface area contributed by atoms with Crippen LogP contribution in [0.5, 0.6) is 0 Å². The molecule has 128 valence electrons. The Morgan fingerprint density at radius 1 is 1.38 bits per heavy atom. The van der Waals surface area contributed by atoms with Gasteiger partial charge in [0, 0.05) is 5.56 Å². The number of alkyl halides is 3. The topological polar surface area (TPSA) is 61.2 Å². The lowest BCUT2D eigenvalue weighted by Gasteiger charge is -2.12. The molecular formula is C15H12ClF3N2O3. The summed E-state index contributed by atoms with van der Waals surface area (Å²) in [5.74, 6) is -0.707. The predicted octanol–water partition coefficient (Wildman–Crippen LogP) is 3.39. The molecule has 0 aliphatic heterocycles. The molecule has 0 saturated heterocycles. The van der Waals surface area contributed by atoms with Crippen molar-refractivity contribution < 1.29 is 22.7 Å². The third-order valence-corrected chi connectivity index (χ3v) is 3.54. The van der Waals surface area contributed by atoms with Gasteiger partial charge in [0.2, 0.25) is 0 Å². The number of rotatable bonds is 3. The Morgan fingerprint density at radius 3 is 2.62 bits per heavy atom. The first-order chi connectivity index (χ1) is 11.2. The van der Waals surface area contributed by atoms with Gasteiger partial charge in [-0.05, 0) is 32.0 Å². The predicted molar refractivity (Wildman–Crippen MR) is 80.5 cm³/mol. The molecule has 0 saturated carbocycles. The van der Waals surface area contributed by atoms with Crippen LogP contribution in [0.4, 0.5) is 13.2 Å². The molecule has 0 aliphatic carbocycles. The van der Waals surface area contributed by atoms with Gasteiger partial charge in [0.1, 0.15) is 0 Å². The van der Waals surface area contributed by atoms with Gasteiger partial charge in [-0.2, -0.15) is 23.0 Å². The lowest BCUT2D eigenvalue weighted by molar-refractivity contribution is -0.138. The van der Waals surface area contributed by atoms with Gasteiger partial charge in [0.15, 0.2) is 0 Å². The minimum Gasteiger partial charge on any atom is -0.462 e. The van der Waals surface area contributed by atoms with Crippen molar-refractivity contribution in [3.8, 4) is 5.69 Å². The molecule has 1 aromatic carbocycles. The van der Waals surface area contributed by atoms with E-state index in [1.807, 2.05) is 0 Å². The van der Waals surface area contributed by atoms with Crippen LogP contribution in [0.15, 0.2) is 29.2 Å². The molecule has 1 aromatic heterocycles. The van der Waals surface area contributed by atoms with Gasteiger partial charge >= 0.3 is 12.1 Å². The van der Waals surface area contributed by atoms with E-state index in [1.54, 1.807) is 6.92 Å². The SMILES string of the molecule is CCOC(=O)c1cc(-n2ncc(C(F)(F)F)c(C)c2=O)ccc1Cl. The summed E-state index contributed by atoms with van der Waals surface area (Å²) in [5.41, 5.74) is -2.46. The summed E-state index contributed by atoms with van der Waals surface area (Å²) in [4.78, 5) is 24.0. The summed E-state index contributed by atoms with van der Waals surface area (Å²) in [7, 11) is 0. The maximum absolute atomic E-state index is 12.8. The molecule has 9 heteroatoms. The fraction of sp³-hybridized carbons (Fsp3) is 0.267. The maximum Gasteiger partial charge on any atom is 0.418 e. The fourth-order valence-electron chi connectivity index (χ4n) is 2.02. The molecule has 2 aromatic rings. The summed E-state index contributed by atoms with van der Waals surface area (Å²) < 4.78 is 44.0. The first-order valence-corrected chi connectivity index (χ1v) is 7.17. The first-order valence-electron chi connectivity index (χ1n) is 6.80. The zero-order valence-electron chi connectivity index (χ0n) is 12.6. The summed E-state index contributed by atoms with van der Waals surface area (Å²) in [6.07, 6.45) is -4.11. The van der Waals surface area contributed by atoms with E-state index in [0.29, 0.717) is 6.20 Å². The lowest BCUT2D eigenvalue weighted by Crippen LogP contribution is -2.27. The molecule has 0 fully saturated rings. The largest absolute Gasteiger partial charge is 0.462 e. The molecule has 2 rings (SSSR count). The van der Waals surface area contributed by atoms with E-state index in [0.717, 1.165) is 11.6 Å². The molecule has 24 heavy (non-hydrogen) atoms. The zero-order chi connectivity index (χ0) is 18.1. The molecule has 0 radical (unpaired) electrons. The smallest absolute Gasteiger partial charge is 0.418 e. The highest BCUT2D eigenvalue weighted by molar-refractivity contribution is 6.33. The summed E-state index contributed by atoms with van der Waals surface area (Å²) in [5, 5.41) is 3.63. The van der Waals surface area contributed by atoms with Gasteiger partial charge in [-0.1, -0.05) is 11.6 Å². The van der Waals surface area contributed by atoms with E-state index in [1.165, 1.54) is 18.2 Å². The second-order valence-electron chi connectivity index (χ2n) is 4.78. The van der Waals surface area contributed by atoms with E-state index in [9.17, 15) is 22.8 Å². The van der Waals surface area contributed by atoms with E-state index in [-0.39, 0.29) is 22.9 Å². The van der Waals surface area contributed by atoms with Crippen LogP contribution in [0.2, 0.25) is 5.02 Å². The number of carbonyl (C=O) groups excluding carboxylic acids is 1. The highest BCUT2D eigenvalue weighted by Gasteiger charge is 2.34. The molecular weight excluding hydrogens is 349 g/mol. The Hall–Kier alpha value is -2.35. The molecule has 0 N–H and O–H groups in total. The van der Waals surface area contributed by atoms with Crippen LogP contribution in [0.3, 0.4) is 0 Å². The van der Waals surface area contributed by atoms with Crippen LogP contribution in [0.1, 0.15) is 28.4 Å². The Kier molecular flexibility index (Phi) is 4.98. The van der Waals surface area contributed by atoms with Gasteiger partial charge in [-0.25, -0.2) is 4.79 Å². The highest BCUT2D eigenvalue weighted by atomic mass is 35.5. The minimum absolute atomic E-state index is 0.0118. The van der Waals surface area contributed by atoms with E-state index in [4.69, 9.17) is 16.3 Å². The number of esters is 1. The van der Waals surface area contributed by atoms with E-state index >= 15 is 0 Å². The molecule has 0 unspecified atom stereocenters. The van der Waals surface area contributed by atoms with Crippen molar-refractivity contribution >= 4 is 17.6 Å². The third-order valence-electron chi connectivity index (χ3n) is 3.21. The number of nitrogens with zero attached hydrogens (tertiary/aromatic N) is 2. The Morgan fingerprint density at radius 2 is 2.04 bits per heavy atom. The number of ether oxygens (including phenoxy) is 1. The van der Waals surface area contributed by atoms with Crippen molar-refractivity contribution in [2.75, 3.05) is 6.61 Å². The summed E-state index contributed by atoms with van der Waals surface area (Å²) in [6, 6.07) is 3.94. The van der Waals surface area contributed by atoms with Crippen LogP contribution >= 0.6 is 11.6 Å². The number of halogens is 4. The van der Waals surface area contributed by atoms with Gasteiger partial charge < -0.3 is 4.74 Å². The number of carbonyl (C=O) groups is 1. The first kappa shape index (κ1) is 18.0. The molecule has 0 bridgehead atoms. The summed E-state index contributed by atoms with van der Waals surface area (Å²) in [6.45, 7) is 2.80. The molecule has 0 atom stereocenters. The third kappa shape index (κ3) is 3.43. The monoisotopic (exact) mass is 360 g/mol. The van der Waals surface area contributed by atoms with Crippen LogP contribution in [-0.2, 0) is 10.9 Å². The Labute approximate surface area is 139 Å². The molecule has 0 spiro atoms. The molecule has 5 nitrogen and oxygen atoms in total. The molecule has 0 aliphatic rings. The normalized spacial score (nSPS) is 11.4. The number of benzene rings is 1. The number of hydrogen-bond donors (Lipinski definition) is 0. The molecule has 0 amide bonds. The summed E-state index contributed by atoms with van der Waals surface area (Å²) >= 11 is 5.91. The van der Waals surface area contributed by atoms with Crippen molar-refractivity contribution in [3.63, 3.8) is 0 Å². The Bertz CT molecular complexity index is 847.